The van der Waals surface area contributed by atoms with E-state index in [-0.39, 0.29) is 11.7 Å². The summed E-state index contributed by atoms with van der Waals surface area (Å²) in [4.78, 5) is 31.9. The second kappa shape index (κ2) is 7.58. The molecule has 0 aliphatic heterocycles. The quantitative estimate of drug-likeness (QED) is 0.850. The maximum Gasteiger partial charge on any atom is 0.360 e. The van der Waals surface area contributed by atoms with Gasteiger partial charge in [-0.05, 0) is 45.0 Å². The number of pyridine rings is 1. The van der Waals surface area contributed by atoms with Crippen molar-refractivity contribution in [3.63, 3.8) is 0 Å². The molecular weight excluding hydrogens is 294 g/mol. The first-order chi connectivity index (χ1) is 11.1. The average molecular weight is 315 g/mol. The highest BCUT2D eigenvalue weighted by Crippen LogP contribution is 2.19. The molecule has 2 aromatic rings. The van der Waals surface area contributed by atoms with Crippen molar-refractivity contribution in [1.82, 2.24) is 9.88 Å². The van der Waals surface area contributed by atoms with Crippen LogP contribution in [0.15, 0.2) is 45.9 Å². The van der Waals surface area contributed by atoms with Crippen LogP contribution in [0.4, 0.5) is 10.5 Å². The topological polar surface area (TPSA) is 66.7 Å². The molecule has 0 aromatic carbocycles. The first-order valence-electron chi connectivity index (χ1n) is 7.73. The molecule has 0 bridgehead atoms. The fourth-order valence-corrected chi connectivity index (χ4v) is 2.35. The summed E-state index contributed by atoms with van der Waals surface area (Å²) in [6.45, 7) is 7.21. The Morgan fingerprint density at radius 1 is 1.13 bits per heavy atom. The number of aromatic nitrogens is 1. The monoisotopic (exact) mass is 315 g/mol. The van der Waals surface area contributed by atoms with Crippen molar-refractivity contribution < 1.29 is 9.21 Å². The van der Waals surface area contributed by atoms with Crippen LogP contribution in [0.2, 0.25) is 0 Å². The van der Waals surface area contributed by atoms with Crippen LogP contribution in [0.25, 0.3) is 11.3 Å². The molecule has 0 atom stereocenters. The number of carbonyl (C=O) groups is 1. The molecule has 0 N–H and O–H groups in total. The van der Waals surface area contributed by atoms with Gasteiger partial charge < -0.3 is 9.32 Å². The second-order valence-corrected chi connectivity index (χ2v) is 4.91. The Bertz CT molecular complexity index is 709. The minimum absolute atomic E-state index is 0.195. The van der Waals surface area contributed by atoms with E-state index in [0.717, 1.165) is 0 Å². The fourth-order valence-electron chi connectivity index (χ4n) is 2.35. The Morgan fingerprint density at radius 3 is 2.39 bits per heavy atom. The highest BCUT2D eigenvalue weighted by Gasteiger charge is 2.22. The first-order valence-corrected chi connectivity index (χ1v) is 7.73. The zero-order valence-electron chi connectivity index (χ0n) is 13.7. The van der Waals surface area contributed by atoms with E-state index in [2.05, 4.69) is 4.98 Å². The fraction of sp³-hybridized carbons (Fsp3) is 0.353. The lowest BCUT2D eigenvalue weighted by molar-refractivity contribution is 0.210. The summed E-state index contributed by atoms with van der Waals surface area (Å²) in [6, 6.07) is 6.69. The molecule has 0 aliphatic rings. The molecule has 6 nitrogen and oxygen atoms in total. The van der Waals surface area contributed by atoms with Gasteiger partial charge in [0.2, 0.25) is 0 Å². The van der Waals surface area contributed by atoms with E-state index >= 15 is 0 Å². The number of anilines is 1. The lowest BCUT2D eigenvalue weighted by atomic mass is 10.2. The predicted octanol–water partition coefficient (Wildman–Crippen LogP) is 2.99. The summed E-state index contributed by atoms with van der Waals surface area (Å²) in [5.41, 5.74) is 0.431. The normalized spacial score (nSPS) is 10.4. The summed E-state index contributed by atoms with van der Waals surface area (Å²) in [7, 11) is 0. The third-order valence-electron chi connectivity index (χ3n) is 3.62. The molecule has 0 unspecified atom stereocenters. The zero-order chi connectivity index (χ0) is 16.8. The first kappa shape index (κ1) is 16.7. The number of hydrogen-bond donors (Lipinski definition) is 0. The number of rotatable bonds is 5. The van der Waals surface area contributed by atoms with E-state index in [9.17, 15) is 9.59 Å². The molecule has 0 spiro atoms. The molecule has 23 heavy (non-hydrogen) atoms. The van der Waals surface area contributed by atoms with Crippen LogP contribution in [0, 0.1) is 0 Å². The number of amides is 2. The lowest BCUT2D eigenvalue weighted by Crippen LogP contribution is -2.44. The smallest absolute Gasteiger partial charge is 0.360 e. The minimum Gasteiger partial charge on any atom is -0.421 e. The van der Waals surface area contributed by atoms with E-state index in [1.54, 1.807) is 35.5 Å². The lowest BCUT2D eigenvalue weighted by Gasteiger charge is -2.27. The van der Waals surface area contributed by atoms with Crippen LogP contribution in [0.1, 0.15) is 20.8 Å². The van der Waals surface area contributed by atoms with E-state index in [0.29, 0.717) is 31.0 Å². The molecule has 122 valence electrons. The predicted molar refractivity (Wildman–Crippen MR) is 89.5 cm³/mol. The van der Waals surface area contributed by atoms with Crippen LogP contribution >= 0.6 is 0 Å². The van der Waals surface area contributed by atoms with Crippen molar-refractivity contribution in [1.29, 1.82) is 0 Å². The van der Waals surface area contributed by atoms with Gasteiger partial charge in [0.25, 0.3) is 0 Å². The number of carbonyl (C=O) groups excluding carboxylic acids is 1. The van der Waals surface area contributed by atoms with Gasteiger partial charge >= 0.3 is 11.7 Å². The van der Waals surface area contributed by atoms with E-state index in [1.165, 1.54) is 4.90 Å². The SMILES string of the molecule is CCN(CC)C(=O)N(CC)c1ccc(-c2cccnc2)oc1=O. The van der Waals surface area contributed by atoms with Crippen LogP contribution in [0.5, 0.6) is 0 Å². The Kier molecular flexibility index (Phi) is 5.51. The van der Waals surface area contributed by atoms with Crippen molar-refractivity contribution >= 4 is 11.7 Å². The van der Waals surface area contributed by atoms with Crippen molar-refractivity contribution in [2.75, 3.05) is 24.5 Å². The largest absolute Gasteiger partial charge is 0.421 e. The van der Waals surface area contributed by atoms with Gasteiger partial charge in [-0.3, -0.25) is 9.88 Å². The molecule has 2 aromatic heterocycles. The Labute approximate surface area is 135 Å². The maximum absolute atomic E-state index is 12.5. The van der Waals surface area contributed by atoms with Crippen molar-refractivity contribution in [2.24, 2.45) is 0 Å². The molecule has 0 aliphatic carbocycles. The third-order valence-corrected chi connectivity index (χ3v) is 3.62. The molecule has 0 saturated heterocycles. The Morgan fingerprint density at radius 2 is 1.87 bits per heavy atom. The van der Waals surface area contributed by atoms with Crippen LogP contribution in [-0.4, -0.2) is 35.5 Å². The Balaban J connectivity index is 2.36. The second-order valence-electron chi connectivity index (χ2n) is 4.91. The van der Waals surface area contributed by atoms with Crippen molar-refractivity contribution in [2.45, 2.75) is 20.8 Å². The van der Waals surface area contributed by atoms with Gasteiger partial charge in [-0.1, -0.05) is 0 Å². The molecule has 0 radical (unpaired) electrons. The van der Waals surface area contributed by atoms with Gasteiger partial charge in [-0.25, -0.2) is 9.59 Å². The number of urea groups is 1. The van der Waals surface area contributed by atoms with Gasteiger partial charge in [0, 0.05) is 37.6 Å². The van der Waals surface area contributed by atoms with Crippen LogP contribution < -0.4 is 10.5 Å². The minimum atomic E-state index is -0.534. The van der Waals surface area contributed by atoms with Gasteiger partial charge in [0.1, 0.15) is 11.4 Å². The zero-order valence-corrected chi connectivity index (χ0v) is 13.7. The summed E-state index contributed by atoms with van der Waals surface area (Å²) in [6.07, 6.45) is 3.27. The average Bonchev–Trinajstić information content (AvgIpc) is 2.59. The molecule has 2 heterocycles. The number of nitrogens with zero attached hydrogens (tertiary/aromatic N) is 3. The van der Waals surface area contributed by atoms with Gasteiger partial charge in [0.15, 0.2) is 0 Å². The van der Waals surface area contributed by atoms with E-state index < -0.39 is 5.63 Å². The van der Waals surface area contributed by atoms with E-state index in [4.69, 9.17) is 4.42 Å². The van der Waals surface area contributed by atoms with Crippen LogP contribution in [-0.2, 0) is 0 Å². The molecular formula is C17H21N3O3. The summed E-state index contributed by atoms with van der Waals surface area (Å²) < 4.78 is 5.37. The highest BCUT2D eigenvalue weighted by atomic mass is 16.4. The van der Waals surface area contributed by atoms with Gasteiger partial charge in [-0.15, -0.1) is 0 Å². The summed E-state index contributed by atoms with van der Waals surface area (Å²) >= 11 is 0. The van der Waals surface area contributed by atoms with E-state index in [1.807, 2.05) is 26.8 Å². The van der Waals surface area contributed by atoms with Gasteiger partial charge in [0.05, 0.1) is 0 Å². The highest BCUT2D eigenvalue weighted by molar-refractivity contribution is 5.91. The van der Waals surface area contributed by atoms with Crippen molar-refractivity contribution in [3.05, 3.63) is 47.1 Å². The van der Waals surface area contributed by atoms with Crippen LogP contribution in [0.3, 0.4) is 0 Å². The molecule has 6 heteroatoms. The molecule has 2 rings (SSSR count). The standard InChI is InChI=1S/C17H21N3O3/c1-4-19(5-2)17(22)20(6-3)14-9-10-15(23-16(14)21)13-8-7-11-18-12-13/h7-12H,4-6H2,1-3H3. The Hall–Kier alpha value is -2.63. The summed E-state index contributed by atoms with van der Waals surface area (Å²) in [5.74, 6) is 0.429. The maximum atomic E-state index is 12.5. The third kappa shape index (κ3) is 3.59. The molecule has 0 fully saturated rings. The molecule has 0 saturated carbocycles. The molecule has 2 amide bonds. The van der Waals surface area contributed by atoms with Gasteiger partial charge in [-0.2, -0.15) is 0 Å². The van der Waals surface area contributed by atoms with Crippen molar-refractivity contribution in [3.8, 4) is 11.3 Å². The number of hydrogen-bond acceptors (Lipinski definition) is 4. The summed E-state index contributed by atoms with van der Waals surface area (Å²) in [5, 5.41) is 0.